The highest BCUT2D eigenvalue weighted by Gasteiger charge is 2.27. The molecule has 2 aromatic carbocycles. The number of sulfonamides is 1. The third kappa shape index (κ3) is 5.56. The number of benzene rings is 2. The SMILES string of the molecule is CC(C)c1ccc(OCCNC(=O)c2ccc(S(=O)(=O)NC3CC3)cc2)cc1. The Hall–Kier alpha value is -2.38. The summed E-state index contributed by atoms with van der Waals surface area (Å²) < 4.78 is 32.5. The molecule has 2 aromatic rings. The normalized spacial score (nSPS) is 14.1. The van der Waals surface area contributed by atoms with Crippen LogP contribution in [-0.4, -0.2) is 33.5 Å². The van der Waals surface area contributed by atoms with Crippen molar-refractivity contribution < 1.29 is 17.9 Å². The summed E-state index contributed by atoms with van der Waals surface area (Å²) in [4.78, 5) is 12.4. The first kappa shape index (κ1) is 20.4. The number of ether oxygens (including phenoxy) is 1. The van der Waals surface area contributed by atoms with E-state index in [0.29, 0.717) is 24.6 Å². The van der Waals surface area contributed by atoms with E-state index < -0.39 is 10.0 Å². The van der Waals surface area contributed by atoms with E-state index in [1.807, 2.05) is 24.3 Å². The summed E-state index contributed by atoms with van der Waals surface area (Å²) in [5.41, 5.74) is 1.66. The summed E-state index contributed by atoms with van der Waals surface area (Å²) in [7, 11) is -3.50. The fourth-order valence-electron chi connectivity index (χ4n) is 2.66. The zero-order chi connectivity index (χ0) is 20.1. The molecule has 2 N–H and O–H groups in total. The lowest BCUT2D eigenvalue weighted by molar-refractivity contribution is 0.0947. The van der Waals surface area contributed by atoms with E-state index >= 15 is 0 Å². The molecule has 0 bridgehead atoms. The Morgan fingerprint density at radius 3 is 2.29 bits per heavy atom. The van der Waals surface area contributed by atoms with Crippen LogP contribution in [0.1, 0.15) is 48.5 Å². The van der Waals surface area contributed by atoms with Crippen molar-refractivity contribution in [2.75, 3.05) is 13.2 Å². The molecular weight excluding hydrogens is 376 g/mol. The Labute approximate surface area is 166 Å². The monoisotopic (exact) mass is 402 g/mol. The fourth-order valence-corrected chi connectivity index (χ4v) is 3.96. The van der Waals surface area contributed by atoms with Crippen molar-refractivity contribution in [1.29, 1.82) is 0 Å². The van der Waals surface area contributed by atoms with Gasteiger partial charge in [0.05, 0.1) is 11.4 Å². The van der Waals surface area contributed by atoms with Gasteiger partial charge in [0.2, 0.25) is 10.0 Å². The van der Waals surface area contributed by atoms with Gasteiger partial charge in [-0.3, -0.25) is 4.79 Å². The summed E-state index contributed by atoms with van der Waals surface area (Å²) in [5, 5.41) is 2.77. The maximum Gasteiger partial charge on any atom is 0.251 e. The third-order valence-corrected chi connectivity index (χ3v) is 6.07. The van der Waals surface area contributed by atoms with Gasteiger partial charge in [0.25, 0.3) is 5.91 Å². The van der Waals surface area contributed by atoms with Gasteiger partial charge < -0.3 is 10.1 Å². The van der Waals surface area contributed by atoms with Crippen LogP contribution in [0, 0.1) is 0 Å². The van der Waals surface area contributed by atoms with E-state index in [9.17, 15) is 13.2 Å². The number of hydrogen-bond acceptors (Lipinski definition) is 4. The van der Waals surface area contributed by atoms with Gasteiger partial charge in [-0.05, 0) is 60.7 Å². The lowest BCUT2D eigenvalue weighted by Gasteiger charge is -2.10. The minimum absolute atomic E-state index is 0.0505. The number of rotatable bonds is 9. The number of carbonyl (C=O) groups is 1. The molecule has 0 radical (unpaired) electrons. The van der Waals surface area contributed by atoms with Crippen molar-refractivity contribution in [2.45, 2.75) is 43.5 Å². The van der Waals surface area contributed by atoms with Crippen LogP contribution in [0.3, 0.4) is 0 Å². The Balaban J connectivity index is 1.45. The highest BCUT2D eigenvalue weighted by molar-refractivity contribution is 7.89. The number of hydrogen-bond donors (Lipinski definition) is 2. The summed E-state index contributed by atoms with van der Waals surface area (Å²) in [6, 6.07) is 13.9. The summed E-state index contributed by atoms with van der Waals surface area (Å²) in [6.07, 6.45) is 1.76. The predicted octanol–water partition coefficient (Wildman–Crippen LogP) is 3.06. The molecule has 7 heteroatoms. The Morgan fingerprint density at radius 1 is 1.07 bits per heavy atom. The van der Waals surface area contributed by atoms with Crippen LogP contribution in [0.25, 0.3) is 0 Å². The zero-order valence-electron chi connectivity index (χ0n) is 16.1. The first-order valence-electron chi connectivity index (χ1n) is 9.48. The average Bonchev–Trinajstić information content (AvgIpc) is 3.49. The Morgan fingerprint density at radius 2 is 1.71 bits per heavy atom. The minimum Gasteiger partial charge on any atom is -0.492 e. The van der Waals surface area contributed by atoms with E-state index in [4.69, 9.17) is 4.74 Å². The van der Waals surface area contributed by atoms with Crippen molar-refractivity contribution in [3.05, 3.63) is 59.7 Å². The van der Waals surface area contributed by atoms with Gasteiger partial charge in [-0.25, -0.2) is 13.1 Å². The topological polar surface area (TPSA) is 84.5 Å². The second-order valence-electron chi connectivity index (χ2n) is 7.25. The van der Waals surface area contributed by atoms with Crippen LogP contribution in [0.15, 0.2) is 53.4 Å². The van der Waals surface area contributed by atoms with Gasteiger partial charge in [0.15, 0.2) is 0 Å². The average molecular weight is 403 g/mol. The molecule has 6 nitrogen and oxygen atoms in total. The Kier molecular flexibility index (Phi) is 6.36. The van der Waals surface area contributed by atoms with Crippen LogP contribution in [0.4, 0.5) is 0 Å². The lowest BCUT2D eigenvalue weighted by Crippen LogP contribution is -2.28. The predicted molar refractivity (Wildman–Crippen MR) is 108 cm³/mol. The molecule has 1 saturated carbocycles. The van der Waals surface area contributed by atoms with Crippen molar-refractivity contribution >= 4 is 15.9 Å². The van der Waals surface area contributed by atoms with E-state index in [1.165, 1.54) is 29.8 Å². The molecule has 1 aliphatic carbocycles. The molecule has 28 heavy (non-hydrogen) atoms. The van der Waals surface area contributed by atoms with Crippen molar-refractivity contribution in [3.8, 4) is 5.75 Å². The third-order valence-electron chi connectivity index (χ3n) is 4.53. The number of amides is 1. The van der Waals surface area contributed by atoms with Crippen LogP contribution < -0.4 is 14.8 Å². The van der Waals surface area contributed by atoms with Gasteiger partial charge in [0, 0.05) is 11.6 Å². The van der Waals surface area contributed by atoms with Crippen LogP contribution in [-0.2, 0) is 10.0 Å². The van der Waals surface area contributed by atoms with Crippen molar-refractivity contribution in [3.63, 3.8) is 0 Å². The van der Waals surface area contributed by atoms with Crippen molar-refractivity contribution in [1.82, 2.24) is 10.0 Å². The molecular formula is C21H26N2O4S. The van der Waals surface area contributed by atoms with Crippen LogP contribution in [0.5, 0.6) is 5.75 Å². The van der Waals surface area contributed by atoms with E-state index in [2.05, 4.69) is 23.9 Å². The van der Waals surface area contributed by atoms with E-state index in [0.717, 1.165) is 18.6 Å². The lowest BCUT2D eigenvalue weighted by atomic mass is 10.0. The quantitative estimate of drug-likeness (QED) is 0.632. The zero-order valence-corrected chi connectivity index (χ0v) is 17.0. The molecule has 0 aromatic heterocycles. The molecule has 1 amide bonds. The first-order chi connectivity index (χ1) is 13.3. The highest BCUT2D eigenvalue weighted by atomic mass is 32.2. The molecule has 0 unspecified atom stereocenters. The maximum absolute atomic E-state index is 12.2. The van der Waals surface area contributed by atoms with Crippen LogP contribution >= 0.6 is 0 Å². The van der Waals surface area contributed by atoms with Gasteiger partial charge in [-0.2, -0.15) is 0 Å². The largest absolute Gasteiger partial charge is 0.492 e. The van der Waals surface area contributed by atoms with E-state index in [-0.39, 0.29) is 16.8 Å². The number of carbonyl (C=O) groups excluding carboxylic acids is 1. The molecule has 1 aliphatic rings. The first-order valence-corrected chi connectivity index (χ1v) is 11.0. The second kappa shape index (κ2) is 8.75. The van der Waals surface area contributed by atoms with Crippen molar-refractivity contribution in [2.24, 2.45) is 0 Å². The molecule has 0 spiro atoms. The molecule has 0 aliphatic heterocycles. The fraction of sp³-hybridized carbons (Fsp3) is 0.381. The molecule has 0 atom stereocenters. The Bertz CT molecular complexity index is 902. The standard InChI is InChI=1S/C21H26N2O4S/c1-15(2)16-3-9-19(10-4-16)27-14-13-22-21(24)17-5-11-20(12-6-17)28(25,26)23-18-7-8-18/h3-6,9-12,15,18,23H,7-8,13-14H2,1-2H3,(H,22,24). The van der Waals surface area contributed by atoms with Gasteiger partial charge in [-0.1, -0.05) is 26.0 Å². The molecule has 150 valence electrons. The van der Waals surface area contributed by atoms with Gasteiger partial charge >= 0.3 is 0 Å². The maximum atomic E-state index is 12.2. The van der Waals surface area contributed by atoms with Crippen LogP contribution in [0.2, 0.25) is 0 Å². The number of nitrogens with one attached hydrogen (secondary N) is 2. The molecule has 0 saturated heterocycles. The highest BCUT2D eigenvalue weighted by Crippen LogP contribution is 2.22. The molecule has 0 heterocycles. The van der Waals surface area contributed by atoms with Gasteiger partial charge in [0.1, 0.15) is 12.4 Å². The molecule has 1 fully saturated rings. The smallest absolute Gasteiger partial charge is 0.251 e. The summed E-state index contributed by atoms with van der Waals surface area (Å²) in [5.74, 6) is 0.966. The minimum atomic E-state index is -3.50. The van der Waals surface area contributed by atoms with Gasteiger partial charge in [-0.15, -0.1) is 0 Å². The van der Waals surface area contributed by atoms with E-state index in [1.54, 1.807) is 0 Å². The molecule has 3 rings (SSSR count). The summed E-state index contributed by atoms with van der Waals surface area (Å²) in [6.45, 7) is 4.98. The second-order valence-corrected chi connectivity index (χ2v) is 8.96. The summed E-state index contributed by atoms with van der Waals surface area (Å²) >= 11 is 0.